The zero-order valence-electron chi connectivity index (χ0n) is 10.2. The molecule has 0 bridgehead atoms. The summed E-state index contributed by atoms with van der Waals surface area (Å²) in [5.74, 6) is 6.21. The van der Waals surface area contributed by atoms with Crippen molar-refractivity contribution in [2.75, 3.05) is 25.7 Å². The lowest BCUT2D eigenvalue weighted by molar-refractivity contribution is 0.0407. The van der Waals surface area contributed by atoms with Crippen LogP contribution in [0.2, 0.25) is 0 Å². The van der Waals surface area contributed by atoms with Crippen LogP contribution in [-0.2, 0) is 11.3 Å². The number of ether oxygens (including phenoxy) is 1. The number of nitrogens with zero attached hydrogens (tertiary/aromatic N) is 2. The Balaban J connectivity index is 1.99. The highest BCUT2D eigenvalue weighted by molar-refractivity contribution is 5.42. The fourth-order valence-corrected chi connectivity index (χ4v) is 2.22. The number of nitrogen functional groups attached to an aromatic ring is 1. The molecule has 0 radical (unpaired) electrons. The minimum Gasteiger partial charge on any atom is -0.381 e. The Morgan fingerprint density at radius 1 is 1.53 bits per heavy atom. The Morgan fingerprint density at radius 3 is 3.00 bits per heavy atom. The monoisotopic (exact) mass is 236 g/mol. The van der Waals surface area contributed by atoms with Gasteiger partial charge in [-0.2, -0.15) is 0 Å². The van der Waals surface area contributed by atoms with Gasteiger partial charge in [-0.05, 0) is 26.0 Å². The Bertz CT molecular complexity index is 352. The van der Waals surface area contributed by atoms with Gasteiger partial charge in [0.2, 0.25) is 0 Å². The minimum atomic E-state index is 0.592. The van der Waals surface area contributed by atoms with E-state index in [0.29, 0.717) is 6.04 Å². The largest absolute Gasteiger partial charge is 0.381 e. The van der Waals surface area contributed by atoms with Crippen molar-refractivity contribution in [1.29, 1.82) is 0 Å². The van der Waals surface area contributed by atoms with E-state index >= 15 is 0 Å². The molecule has 17 heavy (non-hydrogen) atoms. The van der Waals surface area contributed by atoms with Crippen LogP contribution < -0.4 is 11.3 Å². The van der Waals surface area contributed by atoms with Gasteiger partial charge < -0.3 is 10.2 Å². The maximum atomic E-state index is 5.45. The molecule has 2 rings (SSSR count). The molecule has 1 aliphatic rings. The molecular weight excluding hydrogens is 216 g/mol. The van der Waals surface area contributed by atoms with Gasteiger partial charge in [-0.1, -0.05) is 6.07 Å². The number of hydrazine groups is 1. The molecule has 5 nitrogen and oxygen atoms in total. The van der Waals surface area contributed by atoms with Crippen LogP contribution >= 0.6 is 0 Å². The zero-order valence-corrected chi connectivity index (χ0v) is 10.2. The van der Waals surface area contributed by atoms with Crippen LogP contribution in [0, 0.1) is 0 Å². The Morgan fingerprint density at radius 2 is 2.29 bits per heavy atom. The van der Waals surface area contributed by atoms with Gasteiger partial charge in [0.15, 0.2) is 0 Å². The third-order valence-corrected chi connectivity index (χ3v) is 3.26. The summed E-state index contributed by atoms with van der Waals surface area (Å²) in [5, 5.41) is 0. The number of nitrogens with one attached hydrogen (secondary N) is 1. The molecule has 0 saturated carbocycles. The summed E-state index contributed by atoms with van der Waals surface area (Å²) < 4.78 is 5.37. The van der Waals surface area contributed by atoms with Crippen molar-refractivity contribution in [2.45, 2.75) is 25.4 Å². The lowest BCUT2D eigenvalue weighted by Crippen LogP contribution is -2.36. The van der Waals surface area contributed by atoms with Gasteiger partial charge in [-0.3, -0.25) is 4.90 Å². The second-order valence-electron chi connectivity index (χ2n) is 4.41. The van der Waals surface area contributed by atoms with Crippen LogP contribution in [0.4, 0.5) is 5.82 Å². The maximum Gasteiger partial charge on any atom is 0.144 e. The summed E-state index contributed by atoms with van der Waals surface area (Å²) >= 11 is 0. The summed E-state index contributed by atoms with van der Waals surface area (Å²) in [4.78, 5) is 6.56. The molecule has 5 heteroatoms. The third-order valence-electron chi connectivity index (χ3n) is 3.26. The molecule has 0 atom stereocenters. The van der Waals surface area contributed by atoms with E-state index in [1.807, 2.05) is 6.07 Å². The highest BCUT2D eigenvalue weighted by Gasteiger charge is 2.19. The quantitative estimate of drug-likeness (QED) is 0.602. The van der Waals surface area contributed by atoms with E-state index < -0.39 is 0 Å². The molecule has 0 spiro atoms. The van der Waals surface area contributed by atoms with Crippen LogP contribution in [0.15, 0.2) is 18.3 Å². The van der Waals surface area contributed by atoms with Crippen LogP contribution in [0.3, 0.4) is 0 Å². The van der Waals surface area contributed by atoms with Gasteiger partial charge in [0, 0.05) is 37.6 Å². The molecule has 0 aromatic carbocycles. The van der Waals surface area contributed by atoms with Crippen molar-refractivity contribution in [2.24, 2.45) is 5.84 Å². The van der Waals surface area contributed by atoms with Crippen molar-refractivity contribution in [3.63, 3.8) is 0 Å². The molecule has 1 fully saturated rings. The first-order chi connectivity index (χ1) is 8.31. The van der Waals surface area contributed by atoms with E-state index in [1.165, 1.54) is 0 Å². The van der Waals surface area contributed by atoms with Gasteiger partial charge >= 0.3 is 0 Å². The number of anilines is 1. The second kappa shape index (κ2) is 5.95. The summed E-state index contributed by atoms with van der Waals surface area (Å²) in [6.07, 6.45) is 3.94. The number of pyridine rings is 1. The molecule has 94 valence electrons. The topological polar surface area (TPSA) is 63.4 Å². The van der Waals surface area contributed by atoms with E-state index in [2.05, 4.69) is 28.4 Å². The molecule has 0 amide bonds. The molecule has 0 unspecified atom stereocenters. The van der Waals surface area contributed by atoms with Crippen molar-refractivity contribution in [3.8, 4) is 0 Å². The van der Waals surface area contributed by atoms with Gasteiger partial charge in [0.1, 0.15) is 5.82 Å². The van der Waals surface area contributed by atoms with E-state index in [0.717, 1.165) is 44.0 Å². The lowest BCUT2D eigenvalue weighted by Gasteiger charge is -2.31. The standard InChI is InChI=1S/C12H20N4O/c1-16(11-4-7-17-8-5-11)9-10-3-2-6-14-12(10)15-13/h2-3,6,11H,4-5,7-9,13H2,1H3,(H,14,15). The highest BCUT2D eigenvalue weighted by Crippen LogP contribution is 2.18. The van der Waals surface area contributed by atoms with Gasteiger partial charge in [0.05, 0.1) is 0 Å². The molecule has 1 aromatic heterocycles. The predicted octanol–water partition coefficient (Wildman–Crippen LogP) is 0.978. The van der Waals surface area contributed by atoms with Crippen LogP contribution in [0.25, 0.3) is 0 Å². The maximum absolute atomic E-state index is 5.45. The SMILES string of the molecule is CN(Cc1cccnc1NN)C1CCOCC1. The molecule has 3 N–H and O–H groups in total. The molecule has 0 aliphatic carbocycles. The van der Waals surface area contributed by atoms with E-state index in [9.17, 15) is 0 Å². The number of aromatic nitrogens is 1. The third kappa shape index (κ3) is 3.15. The van der Waals surface area contributed by atoms with Gasteiger partial charge in [-0.15, -0.1) is 0 Å². The summed E-state index contributed by atoms with van der Waals surface area (Å²) in [5.41, 5.74) is 3.77. The van der Waals surface area contributed by atoms with Gasteiger partial charge in [0.25, 0.3) is 0 Å². The highest BCUT2D eigenvalue weighted by atomic mass is 16.5. The number of rotatable bonds is 4. The average Bonchev–Trinajstić information content (AvgIpc) is 2.40. The smallest absolute Gasteiger partial charge is 0.144 e. The number of hydrogen-bond donors (Lipinski definition) is 2. The van der Waals surface area contributed by atoms with E-state index in [4.69, 9.17) is 10.6 Å². The first-order valence-corrected chi connectivity index (χ1v) is 5.99. The molecule has 1 aromatic rings. The summed E-state index contributed by atoms with van der Waals surface area (Å²) in [6, 6.07) is 4.58. The van der Waals surface area contributed by atoms with Crippen LogP contribution in [-0.4, -0.2) is 36.2 Å². The minimum absolute atomic E-state index is 0.592. The molecule has 2 heterocycles. The second-order valence-corrected chi connectivity index (χ2v) is 4.41. The first-order valence-electron chi connectivity index (χ1n) is 5.99. The van der Waals surface area contributed by atoms with E-state index in [-0.39, 0.29) is 0 Å². The van der Waals surface area contributed by atoms with Crippen molar-refractivity contribution >= 4 is 5.82 Å². The predicted molar refractivity (Wildman–Crippen MR) is 67.4 cm³/mol. The Kier molecular flexibility index (Phi) is 4.30. The lowest BCUT2D eigenvalue weighted by atomic mass is 10.1. The zero-order chi connectivity index (χ0) is 12.1. The summed E-state index contributed by atoms with van der Waals surface area (Å²) in [7, 11) is 2.14. The van der Waals surface area contributed by atoms with Crippen molar-refractivity contribution < 1.29 is 4.74 Å². The normalized spacial score (nSPS) is 17.4. The fourth-order valence-electron chi connectivity index (χ4n) is 2.22. The number of nitrogens with two attached hydrogens (primary N) is 1. The molecular formula is C12H20N4O. The number of hydrogen-bond acceptors (Lipinski definition) is 5. The molecule has 1 saturated heterocycles. The van der Waals surface area contributed by atoms with Crippen molar-refractivity contribution in [1.82, 2.24) is 9.88 Å². The van der Waals surface area contributed by atoms with E-state index in [1.54, 1.807) is 6.20 Å². The fraction of sp³-hybridized carbons (Fsp3) is 0.583. The van der Waals surface area contributed by atoms with Gasteiger partial charge in [-0.25, -0.2) is 10.8 Å². The van der Waals surface area contributed by atoms with Crippen molar-refractivity contribution in [3.05, 3.63) is 23.9 Å². The average molecular weight is 236 g/mol. The summed E-state index contributed by atoms with van der Waals surface area (Å²) in [6.45, 7) is 2.59. The Hall–Kier alpha value is -1.17. The first kappa shape index (κ1) is 12.3. The van der Waals surface area contributed by atoms with Crippen LogP contribution in [0.5, 0.6) is 0 Å². The Labute approximate surface area is 102 Å². The molecule has 1 aliphatic heterocycles. The van der Waals surface area contributed by atoms with Crippen LogP contribution in [0.1, 0.15) is 18.4 Å².